The predicted octanol–water partition coefficient (Wildman–Crippen LogP) is 2.91. The van der Waals surface area contributed by atoms with Gasteiger partial charge in [0.1, 0.15) is 23.3 Å². The summed E-state index contributed by atoms with van der Waals surface area (Å²) in [6.07, 6.45) is 2.01. The van der Waals surface area contributed by atoms with Crippen molar-refractivity contribution < 1.29 is 23.8 Å². The molecule has 1 amide bonds. The minimum atomic E-state index is -0.692. The lowest BCUT2D eigenvalue weighted by Crippen LogP contribution is -2.50. The summed E-state index contributed by atoms with van der Waals surface area (Å²) >= 11 is 0. The molecule has 1 aromatic rings. The maximum atomic E-state index is 12.5. The molecule has 2 rings (SSSR count). The van der Waals surface area contributed by atoms with E-state index >= 15 is 0 Å². The Morgan fingerprint density at radius 1 is 1.33 bits per heavy atom. The second kappa shape index (κ2) is 8.25. The maximum absolute atomic E-state index is 12.5. The van der Waals surface area contributed by atoms with Crippen molar-refractivity contribution in [2.24, 2.45) is 0 Å². The average molecular weight is 375 g/mol. The van der Waals surface area contributed by atoms with Gasteiger partial charge in [0.15, 0.2) is 0 Å². The average Bonchev–Trinajstić information content (AvgIpc) is 2.60. The lowest BCUT2D eigenvalue weighted by molar-refractivity contribution is -0.00629. The van der Waals surface area contributed by atoms with E-state index in [9.17, 15) is 14.9 Å². The molecule has 1 fully saturated rings. The summed E-state index contributed by atoms with van der Waals surface area (Å²) in [6.45, 7) is 7.69. The quantitative estimate of drug-likeness (QED) is 0.749. The molecule has 0 radical (unpaired) electrons. The first-order valence-electron chi connectivity index (χ1n) is 8.80. The second-order valence-corrected chi connectivity index (χ2v) is 7.44. The number of esters is 1. The Morgan fingerprint density at radius 2 is 2.04 bits per heavy atom. The summed E-state index contributed by atoms with van der Waals surface area (Å²) in [6, 6.07) is 3.38. The summed E-state index contributed by atoms with van der Waals surface area (Å²) in [7, 11) is 1.23. The van der Waals surface area contributed by atoms with Crippen molar-refractivity contribution in [1.82, 2.24) is 9.88 Å². The van der Waals surface area contributed by atoms with E-state index in [1.807, 2.05) is 33.8 Å². The molecule has 2 unspecified atom stereocenters. The van der Waals surface area contributed by atoms with Crippen molar-refractivity contribution >= 4 is 12.1 Å². The van der Waals surface area contributed by atoms with Gasteiger partial charge in [-0.15, -0.1) is 0 Å². The van der Waals surface area contributed by atoms with Gasteiger partial charge in [-0.3, -0.25) is 0 Å². The molecule has 8 heteroatoms. The highest BCUT2D eigenvalue weighted by Gasteiger charge is 2.34. The van der Waals surface area contributed by atoms with Gasteiger partial charge in [0, 0.05) is 12.2 Å². The van der Waals surface area contributed by atoms with Crippen LogP contribution in [0, 0.1) is 11.3 Å². The number of nitriles is 1. The van der Waals surface area contributed by atoms with Crippen molar-refractivity contribution in [3.8, 4) is 11.9 Å². The molecule has 0 saturated carbocycles. The summed E-state index contributed by atoms with van der Waals surface area (Å²) in [4.78, 5) is 30.2. The minimum absolute atomic E-state index is 0.00931. The second-order valence-electron chi connectivity index (χ2n) is 7.44. The van der Waals surface area contributed by atoms with Crippen LogP contribution in [-0.2, 0) is 9.47 Å². The Morgan fingerprint density at radius 3 is 2.63 bits per heavy atom. The molecule has 0 spiro atoms. The van der Waals surface area contributed by atoms with Crippen LogP contribution in [0.2, 0.25) is 0 Å². The molecule has 0 bridgehead atoms. The third-order valence-corrected chi connectivity index (χ3v) is 4.17. The molecule has 8 nitrogen and oxygen atoms in total. The van der Waals surface area contributed by atoms with Gasteiger partial charge in [0.25, 0.3) is 0 Å². The molecular formula is C19H25N3O5. The molecular weight excluding hydrogens is 350 g/mol. The van der Waals surface area contributed by atoms with Crippen LogP contribution in [0.4, 0.5) is 4.79 Å². The fraction of sp³-hybridized carbons (Fsp3) is 0.579. The molecule has 1 aliphatic heterocycles. The highest BCUT2D eigenvalue weighted by molar-refractivity contribution is 5.94. The van der Waals surface area contributed by atoms with E-state index in [-0.39, 0.29) is 29.2 Å². The predicted molar refractivity (Wildman–Crippen MR) is 96.3 cm³/mol. The molecule has 146 valence electrons. The number of carbonyl (C=O) groups is 2. The van der Waals surface area contributed by atoms with Crippen LogP contribution >= 0.6 is 0 Å². The van der Waals surface area contributed by atoms with Crippen molar-refractivity contribution in [3.63, 3.8) is 0 Å². The number of methoxy groups -OCH3 is 1. The van der Waals surface area contributed by atoms with Gasteiger partial charge in [0.2, 0.25) is 5.88 Å². The zero-order valence-electron chi connectivity index (χ0n) is 16.3. The number of likely N-dealkylation sites (tertiary alicyclic amines) is 1. The number of pyridine rings is 1. The molecule has 1 aromatic heterocycles. The third-order valence-electron chi connectivity index (χ3n) is 4.17. The summed E-state index contributed by atoms with van der Waals surface area (Å²) < 4.78 is 16.1. The Balaban J connectivity index is 2.20. The van der Waals surface area contributed by atoms with Gasteiger partial charge in [0.05, 0.1) is 19.2 Å². The maximum Gasteiger partial charge on any atom is 0.410 e. The van der Waals surface area contributed by atoms with Gasteiger partial charge < -0.3 is 19.1 Å². The number of hydrogen-bond acceptors (Lipinski definition) is 7. The molecule has 0 aromatic carbocycles. The van der Waals surface area contributed by atoms with Gasteiger partial charge in [-0.1, -0.05) is 0 Å². The van der Waals surface area contributed by atoms with Gasteiger partial charge in [-0.2, -0.15) is 5.26 Å². The Kier molecular flexibility index (Phi) is 6.26. The number of aromatic nitrogens is 1. The summed E-state index contributed by atoms with van der Waals surface area (Å²) in [5, 5.41) is 9.24. The van der Waals surface area contributed by atoms with E-state index in [2.05, 4.69) is 4.98 Å². The first-order chi connectivity index (χ1) is 12.7. The van der Waals surface area contributed by atoms with Crippen LogP contribution < -0.4 is 4.74 Å². The molecule has 27 heavy (non-hydrogen) atoms. The SMILES string of the molecule is COC(=O)c1c(C#N)ccnc1OC1CCC(C)N(C(=O)OC(C)(C)C)C1. The highest BCUT2D eigenvalue weighted by atomic mass is 16.6. The third kappa shape index (κ3) is 5.09. The van der Waals surface area contributed by atoms with Gasteiger partial charge >= 0.3 is 12.1 Å². The van der Waals surface area contributed by atoms with E-state index in [4.69, 9.17) is 14.2 Å². The Labute approximate surface area is 159 Å². The first-order valence-corrected chi connectivity index (χ1v) is 8.80. The summed E-state index contributed by atoms with van der Waals surface area (Å²) in [5.41, 5.74) is -0.476. The monoisotopic (exact) mass is 375 g/mol. The van der Waals surface area contributed by atoms with Gasteiger partial charge in [-0.05, 0) is 46.6 Å². The van der Waals surface area contributed by atoms with E-state index in [1.54, 1.807) is 4.90 Å². The van der Waals surface area contributed by atoms with Crippen LogP contribution in [0.3, 0.4) is 0 Å². The highest BCUT2D eigenvalue weighted by Crippen LogP contribution is 2.26. The largest absolute Gasteiger partial charge is 0.472 e. The Hall–Kier alpha value is -2.82. The van der Waals surface area contributed by atoms with E-state index < -0.39 is 17.7 Å². The number of nitrogens with zero attached hydrogens (tertiary/aromatic N) is 3. The summed E-state index contributed by atoms with van der Waals surface area (Å²) in [5.74, 6) is -0.660. The van der Waals surface area contributed by atoms with Crippen molar-refractivity contribution in [2.75, 3.05) is 13.7 Å². The molecule has 0 aliphatic carbocycles. The number of amides is 1. The van der Waals surface area contributed by atoms with Crippen molar-refractivity contribution in [3.05, 3.63) is 23.4 Å². The number of hydrogen-bond donors (Lipinski definition) is 0. The van der Waals surface area contributed by atoms with Crippen molar-refractivity contribution in [1.29, 1.82) is 5.26 Å². The van der Waals surface area contributed by atoms with Crippen LogP contribution in [0.15, 0.2) is 12.3 Å². The topological polar surface area (TPSA) is 102 Å². The lowest BCUT2D eigenvalue weighted by Gasteiger charge is -2.38. The lowest BCUT2D eigenvalue weighted by atomic mass is 10.0. The van der Waals surface area contributed by atoms with Crippen LogP contribution in [-0.4, -0.2) is 53.3 Å². The smallest absolute Gasteiger partial charge is 0.410 e. The molecule has 0 N–H and O–H groups in total. The number of piperidine rings is 1. The number of ether oxygens (including phenoxy) is 3. The number of rotatable bonds is 3. The molecule has 2 atom stereocenters. The normalized spacial score (nSPS) is 19.8. The van der Waals surface area contributed by atoms with Gasteiger partial charge in [-0.25, -0.2) is 14.6 Å². The molecule has 1 saturated heterocycles. The van der Waals surface area contributed by atoms with Crippen LogP contribution in [0.5, 0.6) is 5.88 Å². The number of carbonyl (C=O) groups excluding carboxylic acids is 2. The minimum Gasteiger partial charge on any atom is -0.472 e. The fourth-order valence-electron chi connectivity index (χ4n) is 2.83. The van der Waals surface area contributed by atoms with Crippen LogP contribution in [0.25, 0.3) is 0 Å². The van der Waals surface area contributed by atoms with Crippen LogP contribution in [0.1, 0.15) is 56.5 Å². The van der Waals surface area contributed by atoms with E-state index in [1.165, 1.54) is 19.4 Å². The van der Waals surface area contributed by atoms with Crippen molar-refractivity contribution in [2.45, 2.75) is 58.3 Å². The zero-order valence-corrected chi connectivity index (χ0v) is 16.3. The molecule has 2 heterocycles. The van der Waals surface area contributed by atoms with E-state index in [0.29, 0.717) is 13.0 Å². The molecule has 1 aliphatic rings. The standard InChI is InChI=1S/C19H25N3O5/c1-12-6-7-14(11-22(12)18(24)27-19(2,3)4)26-16-15(17(23)25-5)13(10-20)8-9-21-16/h8-9,12,14H,6-7,11H2,1-5H3. The fourth-order valence-corrected chi connectivity index (χ4v) is 2.83. The van der Waals surface area contributed by atoms with E-state index in [0.717, 1.165) is 6.42 Å². The Bertz CT molecular complexity index is 751. The zero-order chi connectivity index (χ0) is 20.2. The first kappa shape index (κ1) is 20.5.